The van der Waals surface area contributed by atoms with E-state index in [0.29, 0.717) is 12.0 Å². The Morgan fingerprint density at radius 2 is 2.20 bits per heavy atom. The number of nitrogens with zero attached hydrogens (tertiary/aromatic N) is 2. The van der Waals surface area contributed by atoms with E-state index in [1.807, 2.05) is 11.7 Å². The van der Waals surface area contributed by atoms with Crippen molar-refractivity contribution >= 4 is 0 Å². The van der Waals surface area contributed by atoms with Crippen molar-refractivity contribution in [1.29, 1.82) is 0 Å². The van der Waals surface area contributed by atoms with Crippen LogP contribution in [0, 0.1) is 0 Å². The highest BCUT2D eigenvalue weighted by Crippen LogP contribution is 2.27. The molecule has 86 valence electrons. The molecule has 0 aliphatic rings. The first-order valence-corrected chi connectivity index (χ1v) is 5.41. The molecule has 2 unspecified atom stereocenters. The average Bonchev–Trinajstić information content (AvgIpc) is 2.58. The second-order valence-electron chi connectivity index (χ2n) is 3.86. The molecule has 1 heterocycles. The van der Waals surface area contributed by atoms with E-state index >= 15 is 0 Å². The molecule has 0 bridgehead atoms. The van der Waals surface area contributed by atoms with Gasteiger partial charge in [-0.3, -0.25) is 4.68 Å². The van der Waals surface area contributed by atoms with Crippen molar-refractivity contribution in [2.45, 2.75) is 32.7 Å². The van der Waals surface area contributed by atoms with Crippen molar-refractivity contribution in [3.63, 3.8) is 0 Å². The first kappa shape index (κ1) is 12.0. The smallest absolute Gasteiger partial charge is 0.160 e. The summed E-state index contributed by atoms with van der Waals surface area (Å²) in [5.41, 5.74) is 1.14. The Balaban J connectivity index is 2.88. The maximum atomic E-state index is 5.30. The van der Waals surface area contributed by atoms with Gasteiger partial charge >= 0.3 is 0 Å². The van der Waals surface area contributed by atoms with Crippen LogP contribution in [0.3, 0.4) is 0 Å². The normalized spacial score (nSPS) is 15.0. The fraction of sp³-hybridized carbons (Fsp3) is 0.727. The van der Waals surface area contributed by atoms with Gasteiger partial charge in [-0.25, -0.2) is 0 Å². The third-order valence-corrected chi connectivity index (χ3v) is 2.88. The molecular formula is C11H21N3O. The molecule has 0 fully saturated rings. The highest BCUT2D eigenvalue weighted by atomic mass is 16.5. The van der Waals surface area contributed by atoms with E-state index in [0.717, 1.165) is 18.0 Å². The van der Waals surface area contributed by atoms with E-state index < -0.39 is 0 Å². The molecule has 0 aromatic carbocycles. The third kappa shape index (κ3) is 2.50. The Hall–Kier alpha value is -1.03. The maximum absolute atomic E-state index is 5.30. The van der Waals surface area contributed by atoms with Crippen LogP contribution in [0.4, 0.5) is 0 Å². The fourth-order valence-electron chi connectivity index (χ4n) is 1.84. The van der Waals surface area contributed by atoms with Crippen LogP contribution in [0.15, 0.2) is 6.20 Å². The first-order chi connectivity index (χ1) is 7.11. The lowest BCUT2D eigenvalue weighted by atomic mass is 9.99. The summed E-state index contributed by atoms with van der Waals surface area (Å²) in [7, 11) is 3.64. The largest absolute Gasteiger partial charge is 0.493 e. The zero-order chi connectivity index (χ0) is 11.4. The lowest BCUT2D eigenvalue weighted by Gasteiger charge is -2.21. The number of ether oxygens (including phenoxy) is 1. The van der Waals surface area contributed by atoms with Crippen LogP contribution in [-0.2, 0) is 7.05 Å². The van der Waals surface area contributed by atoms with E-state index in [9.17, 15) is 0 Å². The number of nitrogens with one attached hydrogen (secondary N) is 1. The molecule has 0 saturated heterocycles. The summed E-state index contributed by atoms with van der Waals surface area (Å²) in [6.07, 6.45) is 1.77. The molecule has 15 heavy (non-hydrogen) atoms. The second kappa shape index (κ2) is 5.16. The summed E-state index contributed by atoms with van der Waals surface area (Å²) in [4.78, 5) is 0. The summed E-state index contributed by atoms with van der Waals surface area (Å²) in [6.45, 7) is 7.46. The molecule has 1 rings (SSSR count). The van der Waals surface area contributed by atoms with Gasteiger partial charge in [0.15, 0.2) is 5.75 Å². The number of methoxy groups -OCH3 is 1. The summed E-state index contributed by atoms with van der Waals surface area (Å²) >= 11 is 0. The van der Waals surface area contributed by atoms with E-state index in [2.05, 4.69) is 31.2 Å². The Bertz CT molecular complexity index is 309. The van der Waals surface area contributed by atoms with Gasteiger partial charge in [0.2, 0.25) is 0 Å². The Morgan fingerprint density at radius 3 is 2.73 bits per heavy atom. The van der Waals surface area contributed by atoms with Crippen molar-refractivity contribution in [3.8, 4) is 5.75 Å². The van der Waals surface area contributed by atoms with E-state index in [1.54, 1.807) is 13.3 Å². The molecule has 0 radical (unpaired) electrons. The molecule has 1 N–H and O–H groups in total. The van der Waals surface area contributed by atoms with E-state index in [-0.39, 0.29) is 0 Å². The number of likely N-dealkylation sites (N-methyl/N-ethyl adjacent to an activating group) is 1. The molecule has 1 aromatic heterocycles. The van der Waals surface area contributed by atoms with Crippen molar-refractivity contribution in [3.05, 3.63) is 11.9 Å². The number of rotatable bonds is 5. The van der Waals surface area contributed by atoms with Crippen LogP contribution in [0.25, 0.3) is 0 Å². The van der Waals surface area contributed by atoms with Gasteiger partial charge in [-0.2, -0.15) is 5.10 Å². The number of aromatic nitrogens is 2. The van der Waals surface area contributed by atoms with Gasteiger partial charge in [0.1, 0.15) is 0 Å². The summed E-state index contributed by atoms with van der Waals surface area (Å²) in [6, 6.07) is 0.416. The van der Waals surface area contributed by atoms with Gasteiger partial charge in [0.25, 0.3) is 0 Å². The van der Waals surface area contributed by atoms with Crippen molar-refractivity contribution in [1.82, 2.24) is 15.1 Å². The second-order valence-corrected chi connectivity index (χ2v) is 3.86. The maximum Gasteiger partial charge on any atom is 0.160 e. The minimum Gasteiger partial charge on any atom is -0.493 e. The molecule has 4 nitrogen and oxygen atoms in total. The van der Waals surface area contributed by atoms with Crippen molar-refractivity contribution in [2.24, 2.45) is 7.05 Å². The molecule has 0 spiro atoms. The van der Waals surface area contributed by atoms with Crippen LogP contribution < -0.4 is 10.1 Å². The Kier molecular flexibility index (Phi) is 4.15. The highest BCUT2D eigenvalue weighted by molar-refractivity contribution is 5.29. The van der Waals surface area contributed by atoms with Crippen LogP contribution in [0.1, 0.15) is 32.4 Å². The number of hydrogen-bond donors (Lipinski definition) is 1. The Morgan fingerprint density at radius 1 is 1.53 bits per heavy atom. The number of aryl methyl sites for hydroxylation is 1. The van der Waals surface area contributed by atoms with Crippen LogP contribution in [-0.4, -0.2) is 29.5 Å². The van der Waals surface area contributed by atoms with Crippen LogP contribution in [0.2, 0.25) is 0 Å². The van der Waals surface area contributed by atoms with Gasteiger partial charge in [0.05, 0.1) is 19.0 Å². The molecule has 0 saturated carbocycles. The zero-order valence-electron chi connectivity index (χ0n) is 10.2. The van der Waals surface area contributed by atoms with Gasteiger partial charge in [-0.1, -0.05) is 13.8 Å². The Labute approximate surface area is 91.6 Å². The van der Waals surface area contributed by atoms with Gasteiger partial charge in [0, 0.05) is 19.0 Å². The molecule has 4 heteroatoms. The van der Waals surface area contributed by atoms with E-state index in [1.165, 1.54) is 0 Å². The van der Waals surface area contributed by atoms with Crippen LogP contribution >= 0.6 is 0 Å². The summed E-state index contributed by atoms with van der Waals surface area (Å²) in [5.74, 6) is 1.25. The predicted molar refractivity (Wildman–Crippen MR) is 61.3 cm³/mol. The standard InChI is InChI=1S/C11H21N3O/c1-6-12-9(3)8(2)11-10(15-5)7-13-14(11)4/h7-9,12H,6H2,1-5H3. The molecular weight excluding hydrogens is 190 g/mol. The quantitative estimate of drug-likeness (QED) is 0.802. The SMILES string of the molecule is CCNC(C)C(C)c1c(OC)cnn1C. The molecule has 0 amide bonds. The molecule has 0 aliphatic heterocycles. The van der Waals surface area contributed by atoms with Crippen molar-refractivity contribution in [2.75, 3.05) is 13.7 Å². The summed E-state index contributed by atoms with van der Waals surface area (Å²) < 4.78 is 7.19. The third-order valence-electron chi connectivity index (χ3n) is 2.88. The minimum atomic E-state index is 0.382. The van der Waals surface area contributed by atoms with Crippen molar-refractivity contribution < 1.29 is 4.74 Å². The topological polar surface area (TPSA) is 39.1 Å². The van der Waals surface area contributed by atoms with Gasteiger partial charge < -0.3 is 10.1 Å². The fourth-order valence-corrected chi connectivity index (χ4v) is 1.84. The number of hydrogen-bond acceptors (Lipinski definition) is 3. The van der Waals surface area contributed by atoms with E-state index in [4.69, 9.17) is 4.74 Å². The predicted octanol–water partition coefficient (Wildman–Crippen LogP) is 1.53. The molecule has 0 aliphatic carbocycles. The average molecular weight is 211 g/mol. The first-order valence-electron chi connectivity index (χ1n) is 5.41. The van der Waals surface area contributed by atoms with Gasteiger partial charge in [-0.15, -0.1) is 0 Å². The summed E-state index contributed by atoms with van der Waals surface area (Å²) in [5, 5.41) is 7.63. The minimum absolute atomic E-state index is 0.382. The lowest BCUT2D eigenvalue weighted by molar-refractivity contribution is 0.392. The molecule has 1 aromatic rings. The highest BCUT2D eigenvalue weighted by Gasteiger charge is 2.21. The monoisotopic (exact) mass is 211 g/mol. The van der Waals surface area contributed by atoms with Gasteiger partial charge in [-0.05, 0) is 13.5 Å². The zero-order valence-corrected chi connectivity index (χ0v) is 10.2. The molecule has 2 atom stereocenters. The lowest BCUT2D eigenvalue weighted by Crippen LogP contribution is -2.31. The van der Waals surface area contributed by atoms with Crippen LogP contribution in [0.5, 0.6) is 5.75 Å².